The zero-order valence-corrected chi connectivity index (χ0v) is 13.0. The van der Waals surface area contributed by atoms with Gasteiger partial charge in [-0.15, -0.1) is 11.3 Å². The number of halogens is 1. The van der Waals surface area contributed by atoms with E-state index in [-0.39, 0.29) is 6.04 Å². The van der Waals surface area contributed by atoms with Crippen LogP contribution < -0.4 is 5.32 Å². The SMILES string of the molecule is Cc1nc2cc(NC(C)c3ccc(Br)s3)ccc2o1. The molecule has 2 aromatic heterocycles. The fourth-order valence-corrected chi connectivity index (χ4v) is 3.44. The second-order valence-electron chi connectivity index (χ2n) is 4.42. The number of aromatic nitrogens is 1. The molecule has 3 rings (SSSR count). The summed E-state index contributed by atoms with van der Waals surface area (Å²) in [6.07, 6.45) is 0. The Labute approximate surface area is 123 Å². The molecule has 0 spiro atoms. The zero-order chi connectivity index (χ0) is 13.4. The minimum Gasteiger partial charge on any atom is -0.441 e. The van der Waals surface area contributed by atoms with Gasteiger partial charge in [0.1, 0.15) is 5.52 Å². The number of hydrogen-bond acceptors (Lipinski definition) is 4. The van der Waals surface area contributed by atoms with E-state index in [1.165, 1.54) is 4.88 Å². The van der Waals surface area contributed by atoms with Crippen LogP contribution in [0.1, 0.15) is 23.7 Å². The highest BCUT2D eigenvalue weighted by atomic mass is 79.9. The summed E-state index contributed by atoms with van der Waals surface area (Å²) >= 11 is 5.23. The molecule has 0 amide bonds. The first-order valence-corrected chi connectivity index (χ1v) is 7.62. The molecule has 2 heterocycles. The lowest BCUT2D eigenvalue weighted by Crippen LogP contribution is -2.04. The van der Waals surface area contributed by atoms with Gasteiger partial charge in [0.05, 0.1) is 9.83 Å². The molecule has 0 saturated carbocycles. The predicted octanol–water partition coefficient (Wildman–Crippen LogP) is 5.13. The molecule has 1 atom stereocenters. The van der Waals surface area contributed by atoms with Gasteiger partial charge in [0.15, 0.2) is 11.5 Å². The fourth-order valence-electron chi connectivity index (χ4n) is 2.01. The molecule has 0 aliphatic rings. The van der Waals surface area contributed by atoms with Crippen LogP contribution in [0, 0.1) is 6.92 Å². The second kappa shape index (κ2) is 4.98. The van der Waals surface area contributed by atoms with Crippen molar-refractivity contribution in [3.8, 4) is 0 Å². The number of nitrogens with one attached hydrogen (secondary N) is 1. The van der Waals surface area contributed by atoms with Crippen molar-refractivity contribution >= 4 is 44.1 Å². The van der Waals surface area contributed by atoms with Gasteiger partial charge in [0.25, 0.3) is 0 Å². The van der Waals surface area contributed by atoms with E-state index in [1.807, 2.05) is 25.1 Å². The van der Waals surface area contributed by atoms with Crippen LogP contribution in [0.2, 0.25) is 0 Å². The minimum atomic E-state index is 0.266. The van der Waals surface area contributed by atoms with E-state index in [2.05, 4.69) is 45.3 Å². The molecule has 1 unspecified atom stereocenters. The fraction of sp³-hybridized carbons (Fsp3) is 0.214. The summed E-state index contributed by atoms with van der Waals surface area (Å²) in [7, 11) is 0. The van der Waals surface area contributed by atoms with Crippen molar-refractivity contribution in [1.29, 1.82) is 0 Å². The molecule has 1 N–H and O–H groups in total. The molecular formula is C14H13BrN2OS. The monoisotopic (exact) mass is 336 g/mol. The molecule has 19 heavy (non-hydrogen) atoms. The Morgan fingerprint density at radius 1 is 1.32 bits per heavy atom. The average Bonchev–Trinajstić information content (AvgIpc) is 2.93. The summed E-state index contributed by atoms with van der Waals surface area (Å²) in [5.74, 6) is 0.697. The normalized spacial score (nSPS) is 12.8. The number of aryl methyl sites for hydroxylation is 1. The summed E-state index contributed by atoms with van der Waals surface area (Å²) in [5, 5.41) is 3.48. The molecule has 0 aliphatic heterocycles. The van der Waals surface area contributed by atoms with Crippen molar-refractivity contribution in [2.24, 2.45) is 0 Å². The van der Waals surface area contributed by atoms with Gasteiger partial charge in [-0.1, -0.05) is 0 Å². The van der Waals surface area contributed by atoms with Crippen LogP contribution in [0.5, 0.6) is 0 Å². The van der Waals surface area contributed by atoms with Crippen molar-refractivity contribution in [2.45, 2.75) is 19.9 Å². The molecule has 0 radical (unpaired) electrons. The zero-order valence-electron chi connectivity index (χ0n) is 10.6. The van der Waals surface area contributed by atoms with Crippen LogP contribution in [-0.4, -0.2) is 4.98 Å². The van der Waals surface area contributed by atoms with E-state index < -0.39 is 0 Å². The van der Waals surface area contributed by atoms with E-state index in [0.29, 0.717) is 5.89 Å². The third-order valence-corrected chi connectivity index (χ3v) is 4.70. The topological polar surface area (TPSA) is 38.1 Å². The largest absolute Gasteiger partial charge is 0.441 e. The lowest BCUT2D eigenvalue weighted by atomic mass is 10.2. The van der Waals surface area contributed by atoms with Crippen LogP contribution >= 0.6 is 27.3 Å². The number of hydrogen-bond donors (Lipinski definition) is 1. The van der Waals surface area contributed by atoms with Gasteiger partial charge in [0.2, 0.25) is 0 Å². The van der Waals surface area contributed by atoms with Crippen molar-refractivity contribution in [2.75, 3.05) is 5.32 Å². The number of fused-ring (bicyclic) bond motifs is 1. The van der Waals surface area contributed by atoms with Gasteiger partial charge in [-0.25, -0.2) is 4.98 Å². The third-order valence-electron chi connectivity index (χ3n) is 2.90. The number of oxazole rings is 1. The van der Waals surface area contributed by atoms with Crippen molar-refractivity contribution < 1.29 is 4.42 Å². The number of rotatable bonds is 3. The highest BCUT2D eigenvalue weighted by Gasteiger charge is 2.09. The van der Waals surface area contributed by atoms with Gasteiger partial charge in [0, 0.05) is 17.5 Å². The molecule has 3 aromatic rings. The summed E-state index contributed by atoms with van der Waals surface area (Å²) in [6, 6.07) is 10.5. The van der Waals surface area contributed by atoms with Gasteiger partial charge >= 0.3 is 0 Å². The van der Waals surface area contributed by atoms with Crippen LogP contribution in [0.4, 0.5) is 5.69 Å². The molecule has 3 nitrogen and oxygen atoms in total. The summed E-state index contributed by atoms with van der Waals surface area (Å²) in [5.41, 5.74) is 2.77. The number of benzene rings is 1. The van der Waals surface area contributed by atoms with Crippen LogP contribution in [0.15, 0.2) is 38.5 Å². The Hall–Kier alpha value is -1.33. The van der Waals surface area contributed by atoms with Gasteiger partial charge < -0.3 is 9.73 Å². The maximum Gasteiger partial charge on any atom is 0.192 e. The Bertz CT molecular complexity index is 719. The van der Waals surface area contributed by atoms with E-state index >= 15 is 0 Å². The molecule has 0 saturated heterocycles. The first-order valence-electron chi connectivity index (χ1n) is 6.01. The molecule has 0 aliphatic carbocycles. The van der Waals surface area contributed by atoms with Crippen LogP contribution in [0.3, 0.4) is 0 Å². The average molecular weight is 337 g/mol. The minimum absolute atomic E-state index is 0.266. The number of nitrogens with zero attached hydrogens (tertiary/aromatic N) is 1. The van der Waals surface area contributed by atoms with Crippen molar-refractivity contribution in [1.82, 2.24) is 4.98 Å². The Morgan fingerprint density at radius 3 is 2.89 bits per heavy atom. The highest BCUT2D eigenvalue weighted by molar-refractivity contribution is 9.11. The predicted molar refractivity (Wildman–Crippen MR) is 82.8 cm³/mol. The standard InChI is InChI=1S/C14H13BrN2OS/c1-8(13-5-6-14(15)19-13)16-10-3-4-12-11(7-10)17-9(2)18-12/h3-8,16H,1-2H3. The first-order chi connectivity index (χ1) is 9.11. The van der Waals surface area contributed by atoms with Crippen molar-refractivity contribution in [3.63, 3.8) is 0 Å². The maximum absolute atomic E-state index is 5.47. The summed E-state index contributed by atoms with van der Waals surface area (Å²) < 4.78 is 6.62. The number of thiophene rings is 1. The van der Waals surface area contributed by atoms with Gasteiger partial charge in [-0.2, -0.15) is 0 Å². The van der Waals surface area contributed by atoms with E-state index in [4.69, 9.17) is 4.42 Å². The molecule has 5 heteroatoms. The number of anilines is 1. The Morgan fingerprint density at radius 2 is 2.16 bits per heavy atom. The molecule has 0 fully saturated rings. The summed E-state index contributed by atoms with van der Waals surface area (Å²) in [6.45, 7) is 4.01. The Balaban J connectivity index is 1.84. The first kappa shape index (κ1) is 12.7. The smallest absolute Gasteiger partial charge is 0.192 e. The highest BCUT2D eigenvalue weighted by Crippen LogP contribution is 2.30. The van der Waals surface area contributed by atoms with E-state index in [9.17, 15) is 0 Å². The molecule has 98 valence electrons. The molecule has 1 aromatic carbocycles. The third kappa shape index (κ3) is 2.67. The van der Waals surface area contributed by atoms with Crippen LogP contribution in [-0.2, 0) is 0 Å². The van der Waals surface area contributed by atoms with Gasteiger partial charge in [-0.3, -0.25) is 0 Å². The maximum atomic E-state index is 5.47. The second-order valence-corrected chi connectivity index (χ2v) is 6.92. The van der Waals surface area contributed by atoms with E-state index in [0.717, 1.165) is 20.6 Å². The van der Waals surface area contributed by atoms with Crippen molar-refractivity contribution in [3.05, 3.63) is 44.9 Å². The lowest BCUT2D eigenvalue weighted by molar-refractivity contribution is 0.561. The lowest BCUT2D eigenvalue weighted by Gasteiger charge is -2.13. The van der Waals surface area contributed by atoms with Crippen LogP contribution in [0.25, 0.3) is 11.1 Å². The molecular weight excluding hydrogens is 324 g/mol. The summed E-state index contributed by atoms with van der Waals surface area (Å²) in [4.78, 5) is 5.64. The molecule has 0 bridgehead atoms. The van der Waals surface area contributed by atoms with E-state index in [1.54, 1.807) is 11.3 Å². The van der Waals surface area contributed by atoms with Gasteiger partial charge in [-0.05, 0) is 53.2 Å². The quantitative estimate of drug-likeness (QED) is 0.720. The Kier molecular flexibility index (Phi) is 3.33.